The standard InChI is InChI=1S/C16H26N4O/c1-11-6-5-7-12(2)20(11)18-15-9-8-13(10-14(15)17)16(21)19(3)4/h8-12,18H,5-7,17H2,1-4H3. The summed E-state index contributed by atoms with van der Waals surface area (Å²) in [6.45, 7) is 4.45. The molecule has 1 fully saturated rings. The molecule has 5 heteroatoms. The third kappa shape index (κ3) is 3.47. The van der Waals surface area contributed by atoms with Crippen molar-refractivity contribution in [3.05, 3.63) is 23.8 Å². The van der Waals surface area contributed by atoms with Gasteiger partial charge in [-0.1, -0.05) is 6.42 Å². The number of hydrogen-bond donors (Lipinski definition) is 2. The molecule has 0 spiro atoms. The maximum Gasteiger partial charge on any atom is 0.253 e. The zero-order valence-corrected chi connectivity index (χ0v) is 13.4. The normalized spacial score (nSPS) is 22.9. The summed E-state index contributed by atoms with van der Waals surface area (Å²) < 4.78 is 0. The van der Waals surface area contributed by atoms with Crippen molar-refractivity contribution in [2.75, 3.05) is 25.3 Å². The molecule has 1 heterocycles. The van der Waals surface area contributed by atoms with E-state index in [1.54, 1.807) is 25.1 Å². The number of nitrogens with one attached hydrogen (secondary N) is 1. The average Bonchev–Trinajstić information content (AvgIpc) is 2.43. The Morgan fingerprint density at radius 2 is 1.90 bits per heavy atom. The van der Waals surface area contributed by atoms with Gasteiger partial charge in [0.25, 0.3) is 5.91 Å². The van der Waals surface area contributed by atoms with Crippen LogP contribution in [0.5, 0.6) is 0 Å². The number of benzene rings is 1. The number of nitrogens with two attached hydrogens (primary N) is 1. The molecule has 1 aliphatic heterocycles. The van der Waals surface area contributed by atoms with Crippen molar-refractivity contribution in [1.29, 1.82) is 0 Å². The summed E-state index contributed by atoms with van der Waals surface area (Å²) in [5.41, 5.74) is 11.6. The zero-order chi connectivity index (χ0) is 15.6. The van der Waals surface area contributed by atoms with Crippen LogP contribution < -0.4 is 11.2 Å². The summed E-state index contributed by atoms with van der Waals surface area (Å²) in [4.78, 5) is 13.5. The van der Waals surface area contributed by atoms with Gasteiger partial charge in [-0.3, -0.25) is 4.79 Å². The Bertz CT molecular complexity index is 505. The number of rotatable bonds is 3. The maximum atomic E-state index is 11.9. The highest BCUT2D eigenvalue weighted by molar-refractivity contribution is 5.95. The Hall–Kier alpha value is -1.75. The van der Waals surface area contributed by atoms with Crippen LogP contribution >= 0.6 is 0 Å². The Kier molecular flexibility index (Phi) is 4.73. The van der Waals surface area contributed by atoms with E-state index in [4.69, 9.17) is 5.73 Å². The van der Waals surface area contributed by atoms with Gasteiger partial charge in [0.05, 0.1) is 11.4 Å². The second-order valence-corrected chi connectivity index (χ2v) is 6.15. The summed E-state index contributed by atoms with van der Waals surface area (Å²) in [6.07, 6.45) is 3.65. The SMILES string of the molecule is CC1CCCC(C)N1Nc1ccc(C(=O)N(C)C)cc1N. The van der Waals surface area contributed by atoms with Crippen molar-refractivity contribution < 1.29 is 4.79 Å². The highest BCUT2D eigenvalue weighted by Crippen LogP contribution is 2.27. The molecule has 1 amide bonds. The van der Waals surface area contributed by atoms with Gasteiger partial charge in [0, 0.05) is 31.7 Å². The lowest BCUT2D eigenvalue weighted by Crippen LogP contribution is -2.47. The Labute approximate surface area is 127 Å². The van der Waals surface area contributed by atoms with Gasteiger partial charge in [0.15, 0.2) is 0 Å². The van der Waals surface area contributed by atoms with E-state index in [0.29, 0.717) is 23.3 Å². The summed E-state index contributed by atoms with van der Waals surface area (Å²) in [5.74, 6) is -0.0343. The molecule has 1 aliphatic rings. The van der Waals surface area contributed by atoms with Crippen molar-refractivity contribution in [3.63, 3.8) is 0 Å². The van der Waals surface area contributed by atoms with Crippen LogP contribution in [0, 0.1) is 0 Å². The first-order chi connectivity index (χ1) is 9.90. The van der Waals surface area contributed by atoms with Gasteiger partial charge in [0.1, 0.15) is 0 Å². The average molecular weight is 290 g/mol. The lowest BCUT2D eigenvalue weighted by atomic mass is 10.00. The Balaban J connectivity index is 2.16. The molecule has 0 saturated carbocycles. The Morgan fingerprint density at radius 3 is 2.43 bits per heavy atom. The number of carbonyl (C=O) groups excluding carboxylic acids is 1. The van der Waals surface area contributed by atoms with Crippen LogP contribution in [-0.4, -0.2) is 42.0 Å². The van der Waals surface area contributed by atoms with E-state index >= 15 is 0 Å². The van der Waals surface area contributed by atoms with Crippen molar-refractivity contribution in [1.82, 2.24) is 9.91 Å². The second kappa shape index (κ2) is 6.35. The van der Waals surface area contributed by atoms with Crippen molar-refractivity contribution >= 4 is 17.3 Å². The van der Waals surface area contributed by atoms with Gasteiger partial charge in [-0.2, -0.15) is 0 Å². The summed E-state index contributed by atoms with van der Waals surface area (Å²) in [7, 11) is 3.48. The van der Waals surface area contributed by atoms with E-state index in [9.17, 15) is 4.79 Å². The van der Waals surface area contributed by atoms with Gasteiger partial charge in [-0.15, -0.1) is 0 Å². The molecule has 2 rings (SSSR count). The zero-order valence-electron chi connectivity index (χ0n) is 13.4. The second-order valence-electron chi connectivity index (χ2n) is 6.15. The molecule has 2 atom stereocenters. The highest BCUT2D eigenvalue weighted by Gasteiger charge is 2.25. The van der Waals surface area contributed by atoms with Gasteiger partial charge >= 0.3 is 0 Å². The number of piperidine rings is 1. The minimum absolute atomic E-state index is 0.0343. The third-order valence-corrected chi connectivity index (χ3v) is 4.15. The predicted octanol–water partition coefficient (Wildman–Crippen LogP) is 2.56. The van der Waals surface area contributed by atoms with Gasteiger partial charge in [-0.05, 0) is 44.9 Å². The quantitative estimate of drug-likeness (QED) is 0.840. The van der Waals surface area contributed by atoms with Crippen molar-refractivity contribution in [2.45, 2.75) is 45.2 Å². The van der Waals surface area contributed by atoms with E-state index in [1.807, 2.05) is 12.1 Å². The fourth-order valence-corrected chi connectivity index (χ4v) is 2.84. The summed E-state index contributed by atoms with van der Waals surface area (Å²) >= 11 is 0. The number of anilines is 2. The van der Waals surface area contributed by atoms with E-state index in [0.717, 1.165) is 5.69 Å². The minimum atomic E-state index is -0.0343. The maximum absolute atomic E-state index is 11.9. The van der Waals surface area contributed by atoms with E-state index in [2.05, 4.69) is 24.3 Å². The van der Waals surface area contributed by atoms with Crippen LogP contribution in [0.25, 0.3) is 0 Å². The first-order valence-corrected chi connectivity index (χ1v) is 7.56. The number of hydrogen-bond acceptors (Lipinski definition) is 4. The van der Waals surface area contributed by atoms with Crippen LogP contribution in [0.2, 0.25) is 0 Å². The molecular weight excluding hydrogens is 264 g/mol. The van der Waals surface area contributed by atoms with Crippen LogP contribution in [-0.2, 0) is 0 Å². The van der Waals surface area contributed by atoms with Gasteiger partial charge < -0.3 is 16.1 Å². The van der Waals surface area contributed by atoms with Crippen LogP contribution in [0.3, 0.4) is 0 Å². The van der Waals surface area contributed by atoms with Crippen molar-refractivity contribution in [2.24, 2.45) is 0 Å². The van der Waals surface area contributed by atoms with Gasteiger partial charge in [-0.25, -0.2) is 5.01 Å². The lowest BCUT2D eigenvalue weighted by molar-refractivity contribution is 0.0827. The molecule has 116 valence electrons. The molecule has 1 aromatic carbocycles. The van der Waals surface area contributed by atoms with Crippen LogP contribution in [0.15, 0.2) is 18.2 Å². The number of amides is 1. The summed E-state index contributed by atoms with van der Waals surface area (Å²) in [6, 6.07) is 6.41. The highest BCUT2D eigenvalue weighted by atomic mass is 16.2. The monoisotopic (exact) mass is 290 g/mol. The molecular formula is C16H26N4O. The predicted molar refractivity (Wildman–Crippen MR) is 87.1 cm³/mol. The molecule has 0 aromatic heterocycles. The topological polar surface area (TPSA) is 61.6 Å². The minimum Gasteiger partial charge on any atom is -0.397 e. The van der Waals surface area contributed by atoms with E-state index in [-0.39, 0.29) is 5.91 Å². The van der Waals surface area contributed by atoms with E-state index in [1.165, 1.54) is 19.3 Å². The molecule has 3 N–H and O–H groups in total. The number of nitrogens with zero attached hydrogens (tertiary/aromatic N) is 2. The third-order valence-electron chi connectivity index (χ3n) is 4.15. The van der Waals surface area contributed by atoms with Gasteiger partial charge in [0.2, 0.25) is 0 Å². The molecule has 1 aromatic rings. The van der Waals surface area contributed by atoms with Crippen molar-refractivity contribution in [3.8, 4) is 0 Å². The number of hydrazine groups is 1. The first-order valence-electron chi connectivity index (χ1n) is 7.56. The molecule has 21 heavy (non-hydrogen) atoms. The fraction of sp³-hybridized carbons (Fsp3) is 0.562. The molecule has 5 nitrogen and oxygen atoms in total. The number of nitrogen functional groups attached to an aromatic ring is 1. The van der Waals surface area contributed by atoms with Crippen LogP contribution in [0.1, 0.15) is 43.5 Å². The van der Waals surface area contributed by atoms with E-state index < -0.39 is 0 Å². The molecule has 0 bridgehead atoms. The Morgan fingerprint density at radius 1 is 1.29 bits per heavy atom. The number of carbonyl (C=O) groups is 1. The molecule has 1 saturated heterocycles. The first kappa shape index (κ1) is 15.6. The molecule has 2 unspecified atom stereocenters. The molecule has 0 aliphatic carbocycles. The molecule has 0 radical (unpaired) electrons. The fourth-order valence-electron chi connectivity index (χ4n) is 2.84. The van der Waals surface area contributed by atoms with Crippen LogP contribution in [0.4, 0.5) is 11.4 Å². The summed E-state index contributed by atoms with van der Waals surface area (Å²) in [5, 5.41) is 2.27. The smallest absolute Gasteiger partial charge is 0.253 e. The lowest BCUT2D eigenvalue weighted by Gasteiger charge is -2.39. The largest absolute Gasteiger partial charge is 0.397 e.